The van der Waals surface area contributed by atoms with E-state index in [1.165, 1.54) is 0 Å². The molecule has 2 aromatic carbocycles. The molecule has 0 aliphatic carbocycles. The SMILES string of the molecule is O=C(CC[C@H]1COc2ccccc2O1)NC[C@H]1COc2ccccc2O1. The molecule has 2 aromatic rings. The first-order valence-corrected chi connectivity index (χ1v) is 8.81. The van der Waals surface area contributed by atoms with E-state index in [4.69, 9.17) is 18.9 Å². The van der Waals surface area contributed by atoms with E-state index in [0.29, 0.717) is 38.3 Å². The molecule has 0 aromatic heterocycles. The smallest absolute Gasteiger partial charge is 0.220 e. The van der Waals surface area contributed by atoms with Crippen molar-refractivity contribution in [2.24, 2.45) is 0 Å². The summed E-state index contributed by atoms with van der Waals surface area (Å²) in [6.07, 6.45) is 0.678. The van der Waals surface area contributed by atoms with Crippen molar-refractivity contribution >= 4 is 5.91 Å². The summed E-state index contributed by atoms with van der Waals surface area (Å²) < 4.78 is 23.0. The van der Waals surface area contributed by atoms with Crippen molar-refractivity contribution in [1.29, 1.82) is 0 Å². The highest BCUT2D eigenvalue weighted by atomic mass is 16.6. The standard InChI is InChI=1S/C20H21NO5/c22-20(10-9-14-12-23-16-5-1-3-7-18(16)25-14)21-11-15-13-24-17-6-2-4-8-19(17)26-15/h1-8,14-15H,9-13H2,(H,21,22)/t14-,15-/m0/s1. The van der Waals surface area contributed by atoms with Crippen LogP contribution in [0.2, 0.25) is 0 Å². The zero-order valence-corrected chi connectivity index (χ0v) is 14.4. The fraction of sp³-hybridized carbons (Fsp3) is 0.350. The number of carbonyl (C=O) groups is 1. The van der Waals surface area contributed by atoms with Crippen molar-refractivity contribution in [3.63, 3.8) is 0 Å². The van der Waals surface area contributed by atoms with Gasteiger partial charge in [-0.2, -0.15) is 0 Å². The molecule has 6 nitrogen and oxygen atoms in total. The minimum Gasteiger partial charge on any atom is -0.486 e. The van der Waals surface area contributed by atoms with Gasteiger partial charge >= 0.3 is 0 Å². The van der Waals surface area contributed by atoms with Gasteiger partial charge in [0.15, 0.2) is 23.0 Å². The molecule has 4 rings (SSSR count). The minimum absolute atomic E-state index is 0.0325. The molecule has 2 aliphatic heterocycles. The van der Waals surface area contributed by atoms with Gasteiger partial charge in [-0.3, -0.25) is 4.79 Å². The molecule has 0 unspecified atom stereocenters. The Morgan fingerprint density at radius 2 is 1.38 bits per heavy atom. The summed E-state index contributed by atoms with van der Waals surface area (Å²) in [6.45, 7) is 1.30. The molecule has 2 aliphatic rings. The predicted molar refractivity (Wildman–Crippen MR) is 94.9 cm³/mol. The highest BCUT2D eigenvalue weighted by Gasteiger charge is 2.23. The number of rotatable bonds is 5. The van der Waals surface area contributed by atoms with Crippen LogP contribution < -0.4 is 24.3 Å². The maximum atomic E-state index is 12.1. The molecule has 0 fully saturated rings. The van der Waals surface area contributed by atoms with Gasteiger partial charge in [0.2, 0.25) is 5.91 Å². The number of amides is 1. The Morgan fingerprint density at radius 1 is 0.846 bits per heavy atom. The molecule has 0 saturated heterocycles. The average Bonchev–Trinajstić information content (AvgIpc) is 2.70. The summed E-state index contributed by atoms with van der Waals surface area (Å²) in [5.74, 6) is 2.91. The van der Waals surface area contributed by atoms with Crippen LogP contribution in [-0.2, 0) is 4.79 Å². The van der Waals surface area contributed by atoms with Crippen LogP contribution in [0, 0.1) is 0 Å². The molecule has 2 atom stereocenters. The second-order valence-corrected chi connectivity index (χ2v) is 6.34. The fourth-order valence-electron chi connectivity index (χ4n) is 2.98. The molecule has 1 N–H and O–H groups in total. The van der Waals surface area contributed by atoms with E-state index < -0.39 is 0 Å². The lowest BCUT2D eigenvalue weighted by atomic mass is 10.1. The van der Waals surface area contributed by atoms with E-state index in [9.17, 15) is 4.79 Å². The van der Waals surface area contributed by atoms with Gasteiger partial charge in [-0.15, -0.1) is 0 Å². The number of hydrogen-bond acceptors (Lipinski definition) is 5. The van der Waals surface area contributed by atoms with Crippen LogP contribution in [-0.4, -0.2) is 37.9 Å². The van der Waals surface area contributed by atoms with Gasteiger partial charge in [0.1, 0.15) is 25.4 Å². The Labute approximate surface area is 152 Å². The van der Waals surface area contributed by atoms with Gasteiger partial charge in [-0.05, 0) is 30.7 Å². The number of para-hydroxylation sites is 4. The van der Waals surface area contributed by atoms with Crippen molar-refractivity contribution in [2.75, 3.05) is 19.8 Å². The Bertz CT molecular complexity index is 715. The molecule has 0 saturated carbocycles. The normalized spacial score (nSPS) is 20.3. The monoisotopic (exact) mass is 355 g/mol. The molecule has 26 heavy (non-hydrogen) atoms. The minimum atomic E-state index is -0.185. The molecule has 0 radical (unpaired) electrons. The number of fused-ring (bicyclic) bond motifs is 2. The Hall–Kier alpha value is -2.89. The summed E-state index contributed by atoms with van der Waals surface area (Å²) in [5, 5.41) is 2.90. The van der Waals surface area contributed by atoms with Gasteiger partial charge in [0.05, 0.1) is 6.54 Å². The number of hydrogen-bond donors (Lipinski definition) is 1. The first-order valence-electron chi connectivity index (χ1n) is 8.81. The maximum Gasteiger partial charge on any atom is 0.220 e. The van der Waals surface area contributed by atoms with E-state index in [0.717, 1.165) is 17.2 Å². The largest absolute Gasteiger partial charge is 0.486 e. The number of benzene rings is 2. The highest BCUT2D eigenvalue weighted by Crippen LogP contribution is 2.32. The van der Waals surface area contributed by atoms with Gasteiger partial charge in [-0.1, -0.05) is 24.3 Å². The van der Waals surface area contributed by atoms with Crippen LogP contribution in [0.15, 0.2) is 48.5 Å². The van der Waals surface area contributed by atoms with Crippen molar-refractivity contribution < 1.29 is 23.7 Å². The number of carbonyl (C=O) groups excluding carboxylic acids is 1. The van der Waals surface area contributed by atoms with Crippen molar-refractivity contribution in [1.82, 2.24) is 5.32 Å². The molecular formula is C20H21NO5. The number of ether oxygens (including phenoxy) is 4. The third kappa shape index (κ3) is 3.85. The fourth-order valence-corrected chi connectivity index (χ4v) is 2.98. The summed E-state index contributed by atoms with van der Waals surface area (Å²) in [4.78, 5) is 12.1. The Morgan fingerprint density at radius 3 is 2.04 bits per heavy atom. The van der Waals surface area contributed by atoms with Crippen LogP contribution in [0.25, 0.3) is 0 Å². The van der Waals surface area contributed by atoms with Gasteiger partial charge in [-0.25, -0.2) is 0 Å². The van der Waals surface area contributed by atoms with Crippen molar-refractivity contribution in [3.05, 3.63) is 48.5 Å². The maximum absolute atomic E-state index is 12.1. The first kappa shape index (κ1) is 16.6. The summed E-state index contributed by atoms with van der Waals surface area (Å²) in [5.41, 5.74) is 0. The lowest BCUT2D eigenvalue weighted by molar-refractivity contribution is -0.122. The highest BCUT2D eigenvalue weighted by molar-refractivity contribution is 5.75. The van der Waals surface area contributed by atoms with Crippen LogP contribution in [0.1, 0.15) is 12.8 Å². The molecule has 2 heterocycles. The Balaban J connectivity index is 1.20. The second-order valence-electron chi connectivity index (χ2n) is 6.34. The van der Waals surface area contributed by atoms with Crippen LogP contribution in [0.4, 0.5) is 0 Å². The third-order valence-electron chi connectivity index (χ3n) is 4.36. The van der Waals surface area contributed by atoms with Crippen molar-refractivity contribution in [3.8, 4) is 23.0 Å². The van der Waals surface area contributed by atoms with Gasteiger partial charge < -0.3 is 24.3 Å². The third-order valence-corrected chi connectivity index (χ3v) is 4.36. The van der Waals surface area contributed by atoms with Gasteiger partial charge in [0, 0.05) is 6.42 Å². The molecule has 6 heteroatoms. The predicted octanol–water partition coefficient (Wildman–Crippen LogP) is 2.56. The molecule has 1 amide bonds. The van der Waals surface area contributed by atoms with E-state index >= 15 is 0 Å². The molecule has 136 valence electrons. The molecule has 0 spiro atoms. The van der Waals surface area contributed by atoms with Crippen LogP contribution in [0.3, 0.4) is 0 Å². The van der Waals surface area contributed by atoms with E-state index in [2.05, 4.69) is 5.32 Å². The van der Waals surface area contributed by atoms with Gasteiger partial charge in [0.25, 0.3) is 0 Å². The topological polar surface area (TPSA) is 66.0 Å². The van der Waals surface area contributed by atoms with E-state index in [1.807, 2.05) is 48.5 Å². The lowest BCUT2D eigenvalue weighted by Crippen LogP contribution is -2.41. The summed E-state index contributed by atoms with van der Waals surface area (Å²) >= 11 is 0. The average molecular weight is 355 g/mol. The van der Waals surface area contributed by atoms with E-state index in [-0.39, 0.29) is 18.1 Å². The lowest BCUT2D eigenvalue weighted by Gasteiger charge is -2.27. The molecular weight excluding hydrogens is 334 g/mol. The van der Waals surface area contributed by atoms with Crippen LogP contribution in [0.5, 0.6) is 23.0 Å². The zero-order valence-electron chi connectivity index (χ0n) is 14.4. The van der Waals surface area contributed by atoms with E-state index in [1.54, 1.807) is 0 Å². The summed E-state index contributed by atoms with van der Waals surface area (Å²) in [6, 6.07) is 15.1. The second kappa shape index (κ2) is 7.56. The quantitative estimate of drug-likeness (QED) is 0.893. The molecule has 0 bridgehead atoms. The van der Waals surface area contributed by atoms with Crippen molar-refractivity contribution in [2.45, 2.75) is 25.0 Å². The first-order chi connectivity index (χ1) is 12.8. The zero-order chi connectivity index (χ0) is 17.8. The van der Waals surface area contributed by atoms with Crippen LogP contribution >= 0.6 is 0 Å². The Kier molecular flexibility index (Phi) is 4.82. The number of nitrogens with one attached hydrogen (secondary N) is 1. The summed E-state index contributed by atoms with van der Waals surface area (Å²) in [7, 11) is 0.